The number of halogens is 2. The molecule has 0 aliphatic carbocycles. The van der Waals surface area contributed by atoms with Gasteiger partial charge in [-0.3, -0.25) is 9.58 Å². The highest BCUT2D eigenvalue weighted by molar-refractivity contribution is 9.09. The molecule has 1 saturated heterocycles. The Morgan fingerprint density at radius 3 is 2.50 bits per heavy atom. The Hall–Kier alpha value is -0.0600. The van der Waals surface area contributed by atoms with Crippen molar-refractivity contribution < 1.29 is 0 Å². The van der Waals surface area contributed by atoms with Crippen LogP contribution < -0.4 is 0 Å². The normalized spacial score (nSPS) is 19.4. The first-order chi connectivity index (χ1) is 9.56. The van der Waals surface area contributed by atoms with E-state index in [1.165, 1.54) is 18.5 Å². The fourth-order valence-corrected chi connectivity index (χ4v) is 3.81. The molecule has 0 spiro atoms. The molecule has 5 heteroatoms. The van der Waals surface area contributed by atoms with Gasteiger partial charge in [-0.15, -0.1) is 0 Å². The van der Waals surface area contributed by atoms with Crippen molar-refractivity contribution >= 4 is 27.5 Å². The number of nitrogens with zero attached hydrogens (tertiary/aromatic N) is 3. The lowest BCUT2D eigenvalue weighted by atomic mass is 9.94. The largest absolute Gasteiger partial charge is 0.297 e. The Morgan fingerprint density at radius 2 is 2.00 bits per heavy atom. The van der Waals surface area contributed by atoms with E-state index < -0.39 is 0 Å². The summed E-state index contributed by atoms with van der Waals surface area (Å²) in [6.07, 6.45) is 3.44. The predicted octanol–water partition coefficient (Wildman–Crippen LogP) is 4.11. The second-order valence-corrected chi connectivity index (χ2v) is 7.49. The van der Waals surface area contributed by atoms with E-state index in [1.807, 2.05) is 0 Å². The topological polar surface area (TPSA) is 21.1 Å². The number of aromatic nitrogens is 2. The van der Waals surface area contributed by atoms with Crippen molar-refractivity contribution in [3.8, 4) is 0 Å². The molecule has 1 atom stereocenters. The van der Waals surface area contributed by atoms with Gasteiger partial charge in [0.1, 0.15) is 0 Å². The molecule has 0 saturated carbocycles. The van der Waals surface area contributed by atoms with Gasteiger partial charge in [0.25, 0.3) is 0 Å². The summed E-state index contributed by atoms with van der Waals surface area (Å²) < 4.78 is 2.07. The molecule has 1 fully saturated rings. The number of hydrogen-bond acceptors (Lipinski definition) is 2. The maximum absolute atomic E-state index is 6.49. The van der Waals surface area contributed by atoms with Crippen LogP contribution in [0, 0.1) is 5.92 Å². The third kappa shape index (κ3) is 3.58. The number of piperidine rings is 1. The van der Waals surface area contributed by atoms with E-state index in [2.05, 4.69) is 51.4 Å². The fourth-order valence-electron chi connectivity index (χ4n) is 2.95. The van der Waals surface area contributed by atoms with Gasteiger partial charge >= 0.3 is 0 Å². The zero-order chi connectivity index (χ0) is 14.7. The van der Waals surface area contributed by atoms with Crippen LogP contribution in [0.1, 0.15) is 45.0 Å². The van der Waals surface area contributed by atoms with Gasteiger partial charge in [-0.05, 0) is 45.2 Å². The molecule has 3 nitrogen and oxygen atoms in total. The first-order valence-corrected chi connectivity index (χ1v) is 8.96. The van der Waals surface area contributed by atoms with Crippen LogP contribution in [0.4, 0.5) is 0 Å². The van der Waals surface area contributed by atoms with E-state index in [-0.39, 0.29) is 0 Å². The maximum atomic E-state index is 6.49. The SMILES string of the molecule is CCc1nn(CC)c(CN2CCC(C(C)Br)CC2)c1Cl. The summed E-state index contributed by atoms with van der Waals surface area (Å²) in [5.41, 5.74) is 2.23. The minimum atomic E-state index is 0.626. The van der Waals surface area contributed by atoms with Crippen molar-refractivity contribution in [3.63, 3.8) is 0 Å². The molecule has 0 radical (unpaired) electrons. The molecule has 1 aromatic rings. The molecule has 2 heterocycles. The first kappa shape index (κ1) is 16.3. The van der Waals surface area contributed by atoms with Crippen LogP contribution in [-0.4, -0.2) is 32.6 Å². The molecule has 20 heavy (non-hydrogen) atoms. The average Bonchev–Trinajstić information content (AvgIpc) is 2.76. The lowest BCUT2D eigenvalue weighted by Crippen LogP contribution is -2.36. The van der Waals surface area contributed by atoms with E-state index in [0.29, 0.717) is 4.83 Å². The number of hydrogen-bond donors (Lipinski definition) is 0. The Morgan fingerprint density at radius 1 is 1.35 bits per heavy atom. The van der Waals surface area contributed by atoms with E-state index in [4.69, 9.17) is 11.6 Å². The summed E-state index contributed by atoms with van der Waals surface area (Å²) >= 11 is 10.2. The lowest BCUT2D eigenvalue weighted by molar-refractivity contribution is 0.174. The molecular weight excluding hydrogens is 338 g/mol. The Bertz CT molecular complexity index is 437. The molecule has 1 unspecified atom stereocenters. The minimum Gasteiger partial charge on any atom is -0.297 e. The molecule has 1 aliphatic heterocycles. The van der Waals surface area contributed by atoms with E-state index in [0.717, 1.165) is 49.2 Å². The maximum Gasteiger partial charge on any atom is 0.0863 e. The van der Waals surface area contributed by atoms with Crippen LogP contribution in [0.15, 0.2) is 0 Å². The molecule has 0 aromatic carbocycles. The third-order valence-corrected chi connectivity index (χ3v) is 5.53. The van der Waals surface area contributed by atoms with Crippen LogP contribution >= 0.6 is 27.5 Å². The minimum absolute atomic E-state index is 0.626. The van der Waals surface area contributed by atoms with Gasteiger partial charge in [-0.2, -0.15) is 5.10 Å². The Kier molecular flexibility index (Phi) is 5.94. The van der Waals surface area contributed by atoms with Gasteiger partial charge in [-0.25, -0.2) is 0 Å². The van der Waals surface area contributed by atoms with Crippen molar-refractivity contribution in [2.75, 3.05) is 13.1 Å². The molecule has 2 rings (SSSR count). The summed E-state index contributed by atoms with van der Waals surface area (Å²) in [4.78, 5) is 3.14. The molecular formula is C15H25BrClN3. The van der Waals surface area contributed by atoms with Gasteiger partial charge < -0.3 is 0 Å². The van der Waals surface area contributed by atoms with Crippen LogP contribution in [-0.2, 0) is 19.5 Å². The lowest BCUT2D eigenvalue weighted by Gasteiger charge is -2.33. The highest BCUT2D eigenvalue weighted by atomic mass is 79.9. The zero-order valence-corrected chi connectivity index (χ0v) is 15.0. The Labute approximate surface area is 135 Å². The summed E-state index contributed by atoms with van der Waals surface area (Å²) in [6, 6.07) is 0. The molecule has 0 amide bonds. The van der Waals surface area contributed by atoms with Gasteiger partial charge in [0.05, 0.1) is 16.4 Å². The van der Waals surface area contributed by atoms with Crippen molar-refractivity contribution in [2.24, 2.45) is 5.92 Å². The highest BCUT2D eigenvalue weighted by Crippen LogP contribution is 2.28. The second kappa shape index (κ2) is 7.28. The number of rotatable bonds is 5. The monoisotopic (exact) mass is 361 g/mol. The smallest absolute Gasteiger partial charge is 0.0863 e. The summed E-state index contributed by atoms with van der Waals surface area (Å²) in [6.45, 7) is 10.6. The standard InChI is InChI=1S/C15H25BrClN3/c1-4-13-15(17)14(20(5-2)18-13)10-19-8-6-12(7-9-19)11(3)16/h11-12H,4-10H2,1-3H3. The van der Waals surface area contributed by atoms with E-state index >= 15 is 0 Å². The predicted molar refractivity (Wildman–Crippen MR) is 88.7 cm³/mol. The van der Waals surface area contributed by atoms with Gasteiger partial charge in [0.15, 0.2) is 0 Å². The third-order valence-electron chi connectivity index (χ3n) is 4.35. The molecule has 0 bridgehead atoms. The van der Waals surface area contributed by atoms with Gasteiger partial charge in [0.2, 0.25) is 0 Å². The molecule has 1 aliphatic rings. The summed E-state index contributed by atoms with van der Waals surface area (Å²) in [5, 5.41) is 5.49. The van der Waals surface area contributed by atoms with Crippen molar-refractivity contribution in [1.29, 1.82) is 0 Å². The molecule has 1 aromatic heterocycles. The van der Waals surface area contributed by atoms with Gasteiger partial charge in [0, 0.05) is 17.9 Å². The van der Waals surface area contributed by atoms with Gasteiger partial charge in [-0.1, -0.05) is 41.4 Å². The van der Waals surface area contributed by atoms with E-state index in [9.17, 15) is 0 Å². The number of alkyl halides is 1. The van der Waals surface area contributed by atoms with E-state index in [1.54, 1.807) is 0 Å². The number of likely N-dealkylation sites (tertiary alicyclic amines) is 1. The average molecular weight is 363 g/mol. The highest BCUT2D eigenvalue weighted by Gasteiger charge is 2.24. The van der Waals surface area contributed by atoms with Crippen molar-refractivity contribution in [3.05, 3.63) is 16.4 Å². The van der Waals surface area contributed by atoms with Crippen LogP contribution in [0.2, 0.25) is 5.02 Å². The summed E-state index contributed by atoms with van der Waals surface area (Å²) in [7, 11) is 0. The summed E-state index contributed by atoms with van der Waals surface area (Å²) in [5.74, 6) is 0.809. The van der Waals surface area contributed by atoms with Crippen LogP contribution in [0.5, 0.6) is 0 Å². The Balaban J connectivity index is 2.02. The van der Waals surface area contributed by atoms with Crippen LogP contribution in [0.25, 0.3) is 0 Å². The quantitative estimate of drug-likeness (QED) is 0.735. The molecule has 114 valence electrons. The zero-order valence-electron chi connectivity index (χ0n) is 12.7. The second-order valence-electron chi connectivity index (χ2n) is 5.67. The first-order valence-electron chi connectivity index (χ1n) is 7.67. The number of aryl methyl sites for hydroxylation is 2. The molecule has 0 N–H and O–H groups in total. The van der Waals surface area contributed by atoms with Crippen molar-refractivity contribution in [1.82, 2.24) is 14.7 Å². The van der Waals surface area contributed by atoms with Crippen molar-refractivity contribution in [2.45, 2.75) is 58.0 Å². The van der Waals surface area contributed by atoms with Crippen LogP contribution in [0.3, 0.4) is 0 Å². The fraction of sp³-hybridized carbons (Fsp3) is 0.800.